The molecule has 1 amide bonds. The average molecular weight is 311 g/mol. The molecule has 4 N–H and O–H groups in total. The third-order valence-electron chi connectivity index (χ3n) is 3.43. The number of carbonyl (C=O) groups is 1. The number of aryl methyl sites for hydroxylation is 1. The van der Waals surface area contributed by atoms with Crippen LogP contribution in [-0.4, -0.2) is 26.4 Å². The van der Waals surface area contributed by atoms with Crippen LogP contribution in [0.3, 0.4) is 0 Å². The molecule has 21 heavy (non-hydrogen) atoms. The van der Waals surface area contributed by atoms with Crippen molar-refractivity contribution < 1.29 is 13.2 Å². The summed E-state index contributed by atoms with van der Waals surface area (Å²) in [6, 6.07) is 4.76. The molecule has 1 aliphatic rings. The van der Waals surface area contributed by atoms with E-state index in [4.69, 9.17) is 5.73 Å². The molecule has 1 aromatic carbocycles. The zero-order valence-electron chi connectivity index (χ0n) is 12.3. The fraction of sp³-hybridized carbons (Fsp3) is 0.500. The molecular weight excluding hydrogens is 290 g/mol. The minimum absolute atomic E-state index is 0.0354. The molecule has 0 spiro atoms. The average Bonchev–Trinajstić information content (AvgIpc) is 2.57. The predicted octanol–water partition coefficient (Wildman–Crippen LogP) is 0.977. The summed E-state index contributed by atoms with van der Waals surface area (Å²) >= 11 is 0. The Bertz CT molecular complexity index is 653. The monoisotopic (exact) mass is 311 g/mol. The number of carbonyl (C=O) groups excluding carboxylic acids is 1. The van der Waals surface area contributed by atoms with Gasteiger partial charge in [-0.3, -0.25) is 4.79 Å². The van der Waals surface area contributed by atoms with Gasteiger partial charge in [-0.1, -0.05) is 0 Å². The highest BCUT2D eigenvalue weighted by atomic mass is 32.2. The van der Waals surface area contributed by atoms with Gasteiger partial charge in [0, 0.05) is 24.2 Å². The van der Waals surface area contributed by atoms with Gasteiger partial charge >= 0.3 is 0 Å². The molecule has 6 nitrogen and oxygen atoms in total. The van der Waals surface area contributed by atoms with E-state index in [1.54, 1.807) is 26.0 Å². The third-order valence-corrected chi connectivity index (χ3v) is 5.13. The fourth-order valence-electron chi connectivity index (χ4n) is 2.18. The highest BCUT2D eigenvalue weighted by Gasteiger charge is 2.26. The van der Waals surface area contributed by atoms with Gasteiger partial charge in [0.25, 0.3) is 0 Å². The number of amides is 1. The lowest BCUT2D eigenvalue weighted by Crippen LogP contribution is -2.48. The maximum Gasteiger partial charge on any atom is 0.241 e. The lowest BCUT2D eigenvalue weighted by molar-refractivity contribution is -0.116. The van der Waals surface area contributed by atoms with Gasteiger partial charge < -0.3 is 11.1 Å². The number of hydrogen-bond donors (Lipinski definition) is 3. The molecule has 0 atom stereocenters. The number of rotatable bonds is 4. The number of fused-ring (bicyclic) bond motifs is 1. The summed E-state index contributed by atoms with van der Waals surface area (Å²) in [7, 11) is -3.63. The highest BCUT2D eigenvalue weighted by Crippen LogP contribution is 2.25. The van der Waals surface area contributed by atoms with Crippen molar-refractivity contribution in [1.82, 2.24) is 4.72 Å². The number of sulfonamides is 1. The summed E-state index contributed by atoms with van der Waals surface area (Å²) < 4.78 is 27.4. The lowest BCUT2D eigenvalue weighted by atomic mass is 10.1. The van der Waals surface area contributed by atoms with Crippen molar-refractivity contribution in [2.45, 2.75) is 43.5 Å². The van der Waals surface area contributed by atoms with E-state index in [1.807, 2.05) is 0 Å². The van der Waals surface area contributed by atoms with Crippen LogP contribution in [0.4, 0.5) is 5.69 Å². The van der Waals surface area contributed by atoms with E-state index in [1.165, 1.54) is 6.07 Å². The topological polar surface area (TPSA) is 101 Å². The summed E-state index contributed by atoms with van der Waals surface area (Å²) in [6.45, 7) is 3.66. The maximum atomic E-state index is 12.4. The Morgan fingerprint density at radius 3 is 2.71 bits per heavy atom. The highest BCUT2D eigenvalue weighted by molar-refractivity contribution is 7.89. The van der Waals surface area contributed by atoms with Gasteiger partial charge in [0.15, 0.2) is 0 Å². The minimum atomic E-state index is -3.63. The van der Waals surface area contributed by atoms with Gasteiger partial charge in [0.2, 0.25) is 15.9 Å². The molecule has 1 aliphatic heterocycles. The zero-order chi connectivity index (χ0) is 15.7. The normalized spacial score (nSPS) is 16.0. The Balaban J connectivity index is 2.34. The molecule has 0 bridgehead atoms. The standard InChI is InChI=1S/C14H21N3O3S/c1-14(2,9-15)17-21(19,20)11-6-7-12-10(8-11)4-3-5-13(18)16-12/h6-8,17H,3-5,9,15H2,1-2H3,(H,16,18). The summed E-state index contributed by atoms with van der Waals surface area (Å²) in [6.07, 6.45) is 1.84. The number of hydrogen-bond acceptors (Lipinski definition) is 4. The first-order chi connectivity index (χ1) is 9.73. The van der Waals surface area contributed by atoms with E-state index in [9.17, 15) is 13.2 Å². The molecule has 0 aromatic heterocycles. The van der Waals surface area contributed by atoms with Crippen molar-refractivity contribution in [1.29, 1.82) is 0 Å². The van der Waals surface area contributed by atoms with E-state index in [0.717, 1.165) is 5.56 Å². The second-order valence-corrected chi connectivity index (χ2v) is 7.60. The van der Waals surface area contributed by atoms with E-state index in [-0.39, 0.29) is 17.3 Å². The van der Waals surface area contributed by atoms with Gasteiger partial charge in [0.05, 0.1) is 4.90 Å². The Hall–Kier alpha value is -1.44. The molecular formula is C14H21N3O3S. The molecule has 2 rings (SSSR count). The van der Waals surface area contributed by atoms with Crippen molar-refractivity contribution >= 4 is 21.6 Å². The van der Waals surface area contributed by atoms with Gasteiger partial charge in [-0.15, -0.1) is 0 Å². The van der Waals surface area contributed by atoms with E-state index in [2.05, 4.69) is 10.0 Å². The van der Waals surface area contributed by atoms with Crippen LogP contribution >= 0.6 is 0 Å². The van der Waals surface area contributed by atoms with Crippen molar-refractivity contribution in [3.63, 3.8) is 0 Å². The number of nitrogens with two attached hydrogens (primary N) is 1. The van der Waals surface area contributed by atoms with Crippen molar-refractivity contribution in [2.75, 3.05) is 11.9 Å². The minimum Gasteiger partial charge on any atom is -0.329 e. The van der Waals surface area contributed by atoms with Crippen LogP contribution in [0.25, 0.3) is 0 Å². The van der Waals surface area contributed by atoms with E-state index < -0.39 is 15.6 Å². The van der Waals surface area contributed by atoms with Crippen molar-refractivity contribution in [2.24, 2.45) is 5.73 Å². The molecule has 1 heterocycles. The van der Waals surface area contributed by atoms with Crippen LogP contribution in [0.2, 0.25) is 0 Å². The Kier molecular flexibility index (Phi) is 4.36. The molecule has 0 aliphatic carbocycles. The van der Waals surface area contributed by atoms with E-state index in [0.29, 0.717) is 24.9 Å². The molecule has 0 unspecified atom stereocenters. The van der Waals surface area contributed by atoms with Crippen LogP contribution < -0.4 is 15.8 Å². The summed E-state index contributed by atoms with van der Waals surface area (Å²) in [5.74, 6) is -0.0354. The molecule has 0 saturated heterocycles. The first-order valence-corrected chi connectivity index (χ1v) is 8.39. The van der Waals surface area contributed by atoms with Gasteiger partial charge in [-0.05, 0) is 50.5 Å². The zero-order valence-corrected chi connectivity index (χ0v) is 13.1. The van der Waals surface area contributed by atoms with Gasteiger partial charge in [-0.25, -0.2) is 13.1 Å². The summed E-state index contributed by atoms with van der Waals surface area (Å²) in [4.78, 5) is 11.7. The fourth-order valence-corrected chi connectivity index (χ4v) is 3.66. The first kappa shape index (κ1) is 15.9. The maximum absolute atomic E-state index is 12.4. The number of benzene rings is 1. The number of nitrogens with one attached hydrogen (secondary N) is 2. The molecule has 0 fully saturated rings. The quantitative estimate of drug-likeness (QED) is 0.771. The first-order valence-electron chi connectivity index (χ1n) is 6.90. The van der Waals surface area contributed by atoms with Crippen molar-refractivity contribution in [3.8, 4) is 0 Å². The molecule has 0 radical (unpaired) electrons. The third kappa shape index (κ3) is 3.81. The van der Waals surface area contributed by atoms with Crippen LogP contribution in [0, 0.1) is 0 Å². The Labute approximate surface area is 125 Å². The Morgan fingerprint density at radius 1 is 1.33 bits per heavy atom. The van der Waals surface area contributed by atoms with Crippen LogP contribution in [-0.2, 0) is 21.2 Å². The largest absolute Gasteiger partial charge is 0.329 e. The molecule has 116 valence electrons. The van der Waals surface area contributed by atoms with Gasteiger partial charge in [-0.2, -0.15) is 0 Å². The Morgan fingerprint density at radius 2 is 2.05 bits per heavy atom. The van der Waals surface area contributed by atoms with Gasteiger partial charge in [0.1, 0.15) is 0 Å². The van der Waals surface area contributed by atoms with E-state index >= 15 is 0 Å². The van der Waals surface area contributed by atoms with Crippen LogP contribution in [0.5, 0.6) is 0 Å². The van der Waals surface area contributed by atoms with Crippen molar-refractivity contribution in [3.05, 3.63) is 23.8 Å². The summed E-state index contributed by atoms with van der Waals surface area (Å²) in [5, 5.41) is 2.79. The number of anilines is 1. The molecule has 7 heteroatoms. The lowest BCUT2D eigenvalue weighted by Gasteiger charge is -2.24. The predicted molar refractivity (Wildman–Crippen MR) is 81.5 cm³/mol. The molecule has 0 saturated carbocycles. The second-order valence-electron chi connectivity index (χ2n) is 5.91. The van der Waals surface area contributed by atoms with Crippen LogP contribution in [0.1, 0.15) is 32.3 Å². The second kappa shape index (κ2) is 5.75. The smallest absolute Gasteiger partial charge is 0.241 e. The van der Waals surface area contributed by atoms with Crippen LogP contribution in [0.15, 0.2) is 23.1 Å². The summed E-state index contributed by atoms with van der Waals surface area (Å²) in [5.41, 5.74) is 6.39. The molecule has 1 aromatic rings. The SMILES string of the molecule is CC(C)(CN)NS(=O)(=O)c1ccc2c(c1)CCCC(=O)N2.